The van der Waals surface area contributed by atoms with Crippen molar-refractivity contribution < 1.29 is 4.74 Å². The van der Waals surface area contributed by atoms with Crippen molar-refractivity contribution in [1.82, 2.24) is 14.8 Å². The number of pyridine rings is 1. The maximum atomic E-state index is 5.63. The van der Waals surface area contributed by atoms with E-state index in [2.05, 4.69) is 29.9 Å². The third kappa shape index (κ3) is 2.86. The average Bonchev–Trinajstić information content (AvgIpc) is 2.93. The molecular weight excluding hydrogens is 276 g/mol. The molecule has 1 unspecified atom stereocenters. The van der Waals surface area contributed by atoms with E-state index < -0.39 is 0 Å². The Balaban J connectivity index is 1.84. The van der Waals surface area contributed by atoms with E-state index in [0.29, 0.717) is 6.10 Å². The van der Waals surface area contributed by atoms with Crippen molar-refractivity contribution in [3.8, 4) is 5.82 Å². The molecule has 0 aromatic carbocycles. The molecule has 0 bridgehead atoms. The minimum Gasteiger partial charge on any atom is -0.381 e. The summed E-state index contributed by atoms with van der Waals surface area (Å²) in [4.78, 5) is 7.12. The van der Waals surface area contributed by atoms with E-state index in [-0.39, 0.29) is 5.41 Å². The number of piperidine rings is 1. The van der Waals surface area contributed by atoms with Gasteiger partial charge in [0.05, 0.1) is 12.3 Å². The van der Waals surface area contributed by atoms with Crippen molar-refractivity contribution in [3.63, 3.8) is 0 Å². The lowest BCUT2D eigenvalue weighted by Gasteiger charge is -2.44. The Morgan fingerprint density at radius 3 is 2.68 bits per heavy atom. The second-order valence-electron chi connectivity index (χ2n) is 6.74. The minimum atomic E-state index is 0.118. The first kappa shape index (κ1) is 15.0. The molecule has 2 aromatic rings. The third-order valence-electron chi connectivity index (χ3n) is 4.41. The first-order valence-electron chi connectivity index (χ1n) is 7.76. The van der Waals surface area contributed by atoms with Crippen LogP contribution in [0.2, 0.25) is 0 Å². The lowest BCUT2D eigenvalue weighted by Crippen LogP contribution is -2.49. The zero-order chi connectivity index (χ0) is 15.7. The van der Waals surface area contributed by atoms with Crippen molar-refractivity contribution in [2.45, 2.75) is 33.3 Å². The van der Waals surface area contributed by atoms with E-state index in [1.165, 1.54) is 0 Å². The van der Waals surface area contributed by atoms with Gasteiger partial charge in [-0.3, -0.25) is 0 Å². The predicted octanol–water partition coefficient (Wildman–Crippen LogP) is 2.83. The van der Waals surface area contributed by atoms with Crippen LogP contribution in [0, 0.1) is 12.3 Å². The van der Waals surface area contributed by atoms with Crippen LogP contribution in [0.15, 0.2) is 30.6 Å². The van der Waals surface area contributed by atoms with E-state index in [0.717, 1.165) is 36.7 Å². The zero-order valence-corrected chi connectivity index (χ0v) is 13.8. The normalized spacial score (nSPS) is 21.1. The summed E-state index contributed by atoms with van der Waals surface area (Å²) >= 11 is 0. The zero-order valence-electron chi connectivity index (χ0n) is 13.8. The molecule has 0 aliphatic carbocycles. The fourth-order valence-electron chi connectivity index (χ4n) is 3.22. The Labute approximate surface area is 131 Å². The molecule has 2 aromatic heterocycles. The van der Waals surface area contributed by atoms with Crippen molar-refractivity contribution in [1.29, 1.82) is 0 Å². The predicted molar refractivity (Wildman–Crippen MR) is 87.5 cm³/mol. The van der Waals surface area contributed by atoms with Gasteiger partial charge in [0.2, 0.25) is 0 Å². The highest BCUT2D eigenvalue weighted by Gasteiger charge is 2.36. The van der Waals surface area contributed by atoms with Crippen LogP contribution >= 0.6 is 0 Å². The van der Waals surface area contributed by atoms with Crippen LogP contribution in [0.3, 0.4) is 0 Å². The molecule has 0 radical (unpaired) electrons. The lowest BCUT2D eigenvalue weighted by molar-refractivity contribution is -0.00643. The molecule has 1 atom stereocenters. The third-order valence-corrected chi connectivity index (χ3v) is 4.41. The van der Waals surface area contributed by atoms with E-state index in [9.17, 15) is 0 Å². The Bertz CT molecular complexity index is 650. The smallest absolute Gasteiger partial charge is 0.155 e. The van der Waals surface area contributed by atoms with Gasteiger partial charge in [-0.25, -0.2) is 9.67 Å². The summed E-state index contributed by atoms with van der Waals surface area (Å²) in [5.74, 6) is 1.87. The Kier molecular flexibility index (Phi) is 3.91. The lowest BCUT2D eigenvalue weighted by atomic mass is 9.81. The first-order valence-corrected chi connectivity index (χ1v) is 7.76. The van der Waals surface area contributed by atoms with E-state index in [1.54, 1.807) is 7.11 Å². The van der Waals surface area contributed by atoms with Gasteiger partial charge < -0.3 is 9.64 Å². The maximum absolute atomic E-state index is 5.63. The summed E-state index contributed by atoms with van der Waals surface area (Å²) in [6, 6.07) is 6.11. The summed E-state index contributed by atoms with van der Waals surface area (Å²) in [7, 11) is 1.81. The number of rotatable bonds is 3. The summed E-state index contributed by atoms with van der Waals surface area (Å²) < 4.78 is 7.45. The van der Waals surface area contributed by atoms with Crippen LogP contribution in [0.1, 0.15) is 25.8 Å². The SMILES string of the molecule is COC1CCN(c2cccc(-n3cc(C)cn3)n2)CC1(C)C. The second-order valence-corrected chi connectivity index (χ2v) is 6.74. The summed E-state index contributed by atoms with van der Waals surface area (Å²) in [5.41, 5.74) is 1.25. The van der Waals surface area contributed by atoms with Crippen molar-refractivity contribution in [2.24, 2.45) is 5.41 Å². The molecule has 1 aliphatic rings. The topological polar surface area (TPSA) is 43.2 Å². The van der Waals surface area contributed by atoms with E-state index >= 15 is 0 Å². The minimum absolute atomic E-state index is 0.118. The van der Waals surface area contributed by atoms with Gasteiger partial charge in [0, 0.05) is 31.8 Å². The second kappa shape index (κ2) is 5.72. The van der Waals surface area contributed by atoms with Gasteiger partial charge in [-0.05, 0) is 31.0 Å². The molecule has 0 saturated carbocycles. The molecule has 3 rings (SSSR count). The van der Waals surface area contributed by atoms with Gasteiger partial charge >= 0.3 is 0 Å². The van der Waals surface area contributed by atoms with Crippen LogP contribution in [-0.4, -0.2) is 41.1 Å². The number of ether oxygens (including phenoxy) is 1. The van der Waals surface area contributed by atoms with Crippen LogP contribution in [0.4, 0.5) is 5.82 Å². The van der Waals surface area contributed by atoms with Gasteiger partial charge in [-0.2, -0.15) is 5.10 Å². The highest BCUT2D eigenvalue weighted by Crippen LogP contribution is 2.33. The molecule has 3 heterocycles. The molecule has 1 aliphatic heterocycles. The van der Waals surface area contributed by atoms with Crippen molar-refractivity contribution in [3.05, 3.63) is 36.2 Å². The first-order chi connectivity index (χ1) is 10.5. The Morgan fingerprint density at radius 1 is 1.27 bits per heavy atom. The Hall–Kier alpha value is -1.88. The number of hydrogen-bond donors (Lipinski definition) is 0. The summed E-state index contributed by atoms with van der Waals surface area (Å²) in [5, 5.41) is 4.34. The quantitative estimate of drug-likeness (QED) is 0.874. The van der Waals surface area contributed by atoms with Crippen molar-refractivity contribution in [2.75, 3.05) is 25.1 Å². The number of hydrogen-bond acceptors (Lipinski definition) is 4. The average molecular weight is 300 g/mol. The fourth-order valence-corrected chi connectivity index (χ4v) is 3.22. The van der Waals surface area contributed by atoms with E-state index in [4.69, 9.17) is 9.72 Å². The van der Waals surface area contributed by atoms with Crippen LogP contribution < -0.4 is 4.90 Å². The molecule has 5 heteroatoms. The molecule has 1 fully saturated rings. The summed E-state index contributed by atoms with van der Waals surface area (Å²) in [6.07, 6.45) is 5.17. The standard InChI is InChI=1S/C17H24N4O/c1-13-10-18-21(11-13)16-7-5-6-15(19-16)20-9-8-14(22-4)17(2,3)12-20/h5-7,10-11,14H,8-9,12H2,1-4H3. The Morgan fingerprint density at radius 2 is 2.05 bits per heavy atom. The molecule has 0 spiro atoms. The van der Waals surface area contributed by atoms with Crippen LogP contribution in [0.25, 0.3) is 5.82 Å². The van der Waals surface area contributed by atoms with Gasteiger partial charge in [0.25, 0.3) is 0 Å². The highest BCUT2D eigenvalue weighted by molar-refractivity contribution is 5.43. The van der Waals surface area contributed by atoms with Crippen LogP contribution in [0.5, 0.6) is 0 Å². The van der Waals surface area contributed by atoms with Gasteiger partial charge in [-0.15, -0.1) is 0 Å². The van der Waals surface area contributed by atoms with E-state index in [1.807, 2.05) is 36.1 Å². The van der Waals surface area contributed by atoms with Gasteiger partial charge in [0.1, 0.15) is 5.82 Å². The molecular formula is C17H24N4O. The molecule has 118 valence electrons. The molecule has 5 nitrogen and oxygen atoms in total. The summed E-state index contributed by atoms with van der Waals surface area (Å²) in [6.45, 7) is 8.46. The van der Waals surface area contributed by atoms with Crippen LogP contribution in [-0.2, 0) is 4.74 Å². The molecule has 22 heavy (non-hydrogen) atoms. The molecule has 0 amide bonds. The maximum Gasteiger partial charge on any atom is 0.155 e. The number of aromatic nitrogens is 3. The number of methoxy groups -OCH3 is 1. The molecule has 0 N–H and O–H groups in total. The highest BCUT2D eigenvalue weighted by atomic mass is 16.5. The number of aryl methyl sites for hydroxylation is 1. The van der Waals surface area contributed by atoms with Gasteiger partial charge in [0.15, 0.2) is 5.82 Å². The largest absolute Gasteiger partial charge is 0.381 e. The van der Waals surface area contributed by atoms with Gasteiger partial charge in [-0.1, -0.05) is 19.9 Å². The number of nitrogens with zero attached hydrogens (tertiary/aromatic N) is 4. The fraction of sp³-hybridized carbons (Fsp3) is 0.529. The number of anilines is 1. The monoisotopic (exact) mass is 300 g/mol. The van der Waals surface area contributed by atoms with Crippen molar-refractivity contribution >= 4 is 5.82 Å². The molecule has 1 saturated heterocycles.